The Morgan fingerprint density at radius 1 is 1.56 bits per heavy atom. The normalized spacial score (nSPS) is 10.9. The van der Waals surface area contributed by atoms with Crippen LogP contribution in [0.1, 0.15) is 29.1 Å². The van der Waals surface area contributed by atoms with Gasteiger partial charge < -0.3 is 0 Å². The van der Waals surface area contributed by atoms with E-state index in [1.54, 1.807) is 11.3 Å². The summed E-state index contributed by atoms with van der Waals surface area (Å²) in [5.41, 5.74) is 0. The average Bonchev–Trinajstić information content (AvgIpc) is 2.79. The number of hydrogen-bond acceptors (Lipinski definition) is 4. The van der Waals surface area contributed by atoms with Crippen molar-refractivity contribution < 1.29 is 0 Å². The van der Waals surface area contributed by atoms with E-state index >= 15 is 0 Å². The third-order valence-corrected chi connectivity index (χ3v) is 3.50. The summed E-state index contributed by atoms with van der Waals surface area (Å²) < 4.78 is 2.74. The molecule has 0 aromatic carbocycles. The zero-order chi connectivity index (χ0) is 11.5. The molecular weight excluding hydrogens is 240 g/mol. The van der Waals surface area contributed by atoms with E-state index in [4.69, 9.17) is 12.2 Å². The van der Waals surface area contributed by atoms with Crippen LogP contribution >= 0.6 is 23.6 Å². The molecular formula is C10H14N4S2. The summed E-state index contributed by atoms with van der Waals surface area (Å²) in [6.07, 6.45) is 3.93. The second-order valence-electron chi connectivity index (χ2n) is 3.63. The van der Waals surface area contributed by atoms with Gasteiger partial charge >= 0.3 is 0 Å². The van der Waals surface area contributed by atoms with Crippen LogP contribution in [0.4, 0.5) is 0 Å². The minimum Gasteiger partial charge on any atom is -0.299 e. The molecule has 0 aliphatic rings. The molecule has 0 saturated carbocycles. The maximum absolute atomic E-state index is 5.22. The van der Waals surface area contributed by atoms with Crippen molar-refractivity contribution >= 4 is 23.6 Å². The van der Waals surface area contributed by atoms with Gasteiger partial charge in [0.05, 0.1) is 11.6 Å². The molecule has 1 N–H and O–H groups in total. The molecule has 2 aromatic rings. The van der Waals surface area contributed by atoms with Gasteiger partial charge in [0.25, 0.3) is 0 Å². The fourth-order valence-corrected chi connectivity index (χ4v) is 2.56. The molecule has 0 radical (unpaired) electrons. The Morgan fingerprint density at radius 2 is 2.38 bits per heavy atom. The number of H-pyrrole nitrogens is 1. The SMILES string of the molecule is CCCc1n[nH]c(=S)n1Cc1cnc(C)s1. The Kier molecular flexibility index (Phi) is 3.50. The van der Waals surface area contributed by atoms with Gasteiger partial charge in [-0.1, -0.05) is 6.92 Å². The average molecular weight is 254 g/mol. The van der Waals surface area contributed by atoms with Crippen LogP contribution in [-0.2, 0) is 13.0 Å². The van der Waals surface area contributed by atoms with Gasteiger partial charge in [-0.05, 0) is 25.6 Å². The largest absolute Gasteiger partial charge is 0.299 e. The molecule has 4 nitrogen and oxygen atoms in total. The Bertz CT molecular complexity index is 523. The molecule has 6 heteroatoms. The van der Waals surface area contributed by atoms with Gasteiger partial charge in [-0.3, -0.25) is 9.67 Å². The summed E-state index contributed by atoms with van der Waals surface area (Å²) in [7, 11) is 0. The second kappa shape index (κ2) is 4.88. The van der Waals surface area contributed by atoms with Gasteiger partial charge in [0.15, 0.2) is 4.77 Å². The number of nitrogens with zero attached hydrogens (tertiary/aromatic N) is 3. The molecule has 0 saturated heterocycles. The first-order chi connectivity index (χ1) is 7.70. The fourth-order valence-electron chi connectivity index (χ4n) is 1.56. The van der Waals surface area contributed by atoms with Crippen LogP contribution in [0.15, 0.2) is 6.20 Å². The number of thiazole rings is 1. The van der Waals surface area contributed by atoms with Crippen molar-refractivity contribution in [2.45, 2.75) is 33.2 Å². The van der Waals surface area contributed by atoms with Crippen LogP contribution in [0.25, 0.3) is 0 Å². The fraction of sp³-hybridized carbons (Fsp3) is 0.500. The standard InChI is InChI=1S/C10H14N4S2/c1-3-4-9-12-13-10(15)14(9)6-8-5-11-7(2)16-8/h5H,3-4,6H2,1-2H3,(H,13,15). The first-order valence-corrected chi connectivity index (χ1v) is 6.48. The first kappa shape index (κ1) is 11.5. The minimum atomic E-state index is 0.689. The molecule has 16 heavy (non-hydrogen) atoms. The van der Waals surface area contributed by atoms with Crippen LogP contribution in [0.3, 0.4) is 0 Å². The zero-order valence-electron chi connectivity index (χ0n) is 9.36. The molecule has 2 aromatic heterocycles. The number of nitrogens with one attached hydrogen (secondary N) is 1. The van der Waals surface area contributed by atoms with Crippen LogP contribution in [0.2, 0.25) is 0 Å². The number of aromatic nitrogens is 4. The summed E-state index contributed by atoms with van der Waals surface area (Å²) in [6.45, 7) is 4.92. The quantitative estimate of drug-likeness (QED) is 0.853. The van der Waals surface area contributed by atoms with Crippen LogP contribution < -0.4 is 0 Å². The van der Waals surface area contributed by atoms with Gasteiger partial charge in [0.1, 0.15) is 5.82 Å². The molecule has 0 amide bonds. The number of aryl methyl sites for hydroxylation is 2. The van der Waals surface area contributed by atoms with Crippen molar-refractivity contribution in [2.75, 3.05) is 0 Å². The first-order valence-electron chi connectivity index (χ1n) is 5.26. The van der Waals surface area contributed by atoms with E-state index in [0.29, 0.717) is 4.77 Å². The Labute approximate surface area is 103 Å². The highest BCUT2D eigenvalue weighted by Gasteiger charge is 2.07. The maximum atomic E-state index is 5.22. The molecule has 0 aliphatic heterocycles. The molecule has 0 fully saturated rings. The lowest BCUT2D eigenvalue weighted by molar-refractivity contribution is 0.704. The molecule has 0 aliphatic carbocycles. The molecule has 0 atom stereocenters. The molecule has 2 heterocycles. The summed E-state index contributed by atoms with van der Waals surface area (Å²) >= 11 is 6.92. The van der Waals surface area contributed by atoms with Crippen molar-refractivity contribution in [3.05, 3.63) is 26.7 Å². The van der Waals surface area contributed by atoms with Crippen molar-refractivity contribution in [1.29, 1.82) is 0 Å². The summed E-state index contributed by atoms with van der Waals surface area (Å²) in [5, 5.41) is 8.17. The van der Waals surface area contributed by atoms with E-state index < -0.39 is 0 Å². The number of hydrogen-bond donors (Lipinski definition) is 1. The van der Waals surface area contributed by atoms with Crippen LogP contribution in [0, 0.1) is 11.7 Å². The minimum absolute atomic E-state index is 0.689. The third kappa shape index (κ3) is 2.38. The van der Waals surface area contributed by atoms with Crippen LogP contribution in [0.5, 0.6) is 0 Å². The van der Waals surface area contributed by atoms with E-state index in [2.05, 4.69) is 22.1 Å². The molecule has 2 rings (SSSR count). The lowest BCUT2D eigenvalue weighted by Gasteiger charge is -2.03. The predicted molar refractivity (Wildman–Crippen MR) is 67.4 cm³/mol. The highest BCUT2D eigenvalue weighted by atomic mass is 32.1. The van der Waals surface area contributed by atoms with Crippen molar-refractivity contribution in [2.24, 2.45) is 0 Å². The molecule has 0 bridgehead atoms. The van der Waals surface area contributed by atoms with E-state index in [1.165, 1.54) is 4.88 Å². The lowest BCUT2D eigenvalue weighted by Crippen LogP contribution is -2.04. The van der Waals surface area contributed by atoms with E-state index in [9.17, 15) is 0 Å². The van der Waals surface area contributed by atoms with Gasteiger partial charge in [0.2, 0.25) is 0 Å². The van der Waals surface area contributed by atoms with Crippen molar-refractivity contribution in [1.82, 2.24) is 19.7 Å². The topological polar surface area (TPSA) is 46.5 Å². The van der Waals surface area contributed by atoms with Gasteiger partial charge in [-0.2, -0.15) is 5.10 Å². The summed E-state index contributed by atoms with van der Waals surface area (Å²) in [4.78, 5) is 5.46. The lowest BCUT2D eigenvalue weighted by atomic mass is 10.3. The Hall–Kier alpha value is -1.01. The van der Waals surface area contributed by atoms with Crippen LogP contribution in [-0.4, -0.2) is 19.7 Å². The van der Waals surface area contributed by atoms with Gasteiger partial charge in [-0.15, -0.1) is 11.3 Å². The zero-order valence-corrected chi connectivity index (χ0v) is 11.0. The molecule has 86 valence electrons. The van der Waals surface area contributed by atoms with E-state index in [1.807, 2.05) is 17.7 Å². The molecule has 0 spiro atoms. The monoisotopic (exact) mass is 254 g/mol. The highest BCUT2D eigenvalue weighted by molar-refractivity contribution is 7.71. The predicted octanol–water partition coefficient (Wildman–Crippen LogP) is 2.71. The number of aromatic amines is 1. The highest BCUT2D eigenvalue weighted by Crippen LogP contribution is 2.14. The van der Waals surface area contributed by atoms with Gasteiger partial charge in [0, 0.05) is 17.5 Å². The smallest absolute Gasteiger partial charge is 0.195 e. The second-order valence-corrected chi connectivity index (χ2v) is 5.33. The Morgan fingerprint density at radius 3 is 3.00 bits per heavy atom. The van der Waals surface area contributed by atoms with Gasteiger partial charge in [-0.25, -0.2) is 4.98 Å². The number of rotatable bonds is 4. The molecule has 0 unspecified atom stereocenters. The summed E-state index contributed by atoms with van der Waals surface area (Å²) in [5.74, 6) is 1.03. The Balaban J connectivity index is 2.26. The third-order valence-electron chi connectivity index (χ3n) is 2.29. The van der Waals surface area contributed by atoms with Crippen molar-refractivity contribution in [3.8, 4) is 0 Å². The summed E-state index contributed by atoms with van der Waals surface area (Å²) in [6, 6.07) is 0. The van der Waals surface area contributed by atoms with E-state index in [-0.39, 0.29) is 0 Å². The maximum Gasteiger partial charge on any atom is 0.195 e. The van der Waals surface area contributed by atoms with Crippen molar-refractivity contribution in [3.63, 3.8) is 0 Å². The van der Waals surface area contributed by atoms with E-state index in [0.717, 1.165) is 30.2 Å².